The summed E-state index contributed by atoms with van der Waals surface area (Å²) in [7, 11) is 0. The predicted molar refractivity (Wildman–Crippen MR) is 74.6 cm³/mol. The van der Waals surface area contributed by atoms with Gasteiger partial charge in [0.15, 0.2) is 0 Å². The molecular formula is C17H20. The Morgan fingerprint density at radius 2 is 1.29 bits per heavy atom. The summed E-state index contributed by atoms with van der Waals surface area (Å²) in [6.07, 6.45) is 0. The average molecular weight is 224 g/mol. The van der Waals surface area contributed by atoms with E-state index in [9.17, 15) is 0 Å². The first-order valence-corrected chi connectivity index (χ1v) is 6.23. The van der Waals surface area contributed by atoms with E-state index in [-0.39, 0.29) is 0 Å². The lowest BCUT2D eigenvalue weighted by Crippen LogP contribution is -2.01. The van der Waals surface area contributed by atoms with Crippen molar-refractivity contribution in [3.05, 3.63) is 70.3 Å². The first-order valence-electron chi connectivity index (χ1n) is 6.23. The SMILES string of the molecule is Cc1ccccc1C(C)c1cccc(C)c1C. The lowest BCUT2D eigenvalue weighted by molar-refractivity contribution is 0.895. The van der Waals surface area contributed by atoms with Gasteiger partial charge in [-0.15, -0.1) is 0 Å². The van der Waals surface area contributed by atoms with Gasteiger partial charge < -0.3 is 0 Å². The Bertz CT molecular complexity index is 523. The van der Waals surface area contributed by atoms with E-state index in [1.165, 1.54) is 27.8 Å². The molecule has 0 aromatic heterocycles. The summed E-state index contributed by atoms with van der Waals surface area (Å²) in [5.41, 5.74) is 7.05. The van der Waals surface area contributed by atoms with Crippen LogP contribution in [0.15, 0.2) is 42.5 Å². The third-order valence-corrected chi connectivity index (χ3v) is 3.77. The highest BCUT2D eigenvalue weighted by molar-refractivity contribution is 5.42. The fraction of sp³-hybridized carbons (Fsp3) is 0.294. The minimum Gasteiger partial charge on any atom is -0.0620 e. The third-order valence-electron chi connectivity index (χ3n) is 3.77. The van der Waals surface area contributed by atoms with Crippen molar-refractivity contribution < 1.29 is 0 Å². The molecule has 0 heteroatoms. The fourth-order valence-corrected chi connectivity index (χ4v) is 2.48. The van der Waals surface area contributed by atoms with Crippen molar-refractivity contribution in [2.45, 2.75) is 33.6 Å². The molecule has 0 radical (unpaired) electrons. The van der Waals surface area contributed by atoms with Crippen LogP contribution in [0.3, 0.4) is 0 Å². The van der Waals surface area contributed by atoms with Crippen LogP contribution in [0.2, 0.25) is 0 Å². The van der Waals surface area contributed by atoms with Crippen molar-refractivity contribution in [2.24, 2.45) is 0 Å². The largest absolute Gasteiger partial charge is 0.0620 e. The van der Waals surface area contributed by atoms with Crippen LogP contribution in [0.5, 0.6) is 0 Å². The Morgan fingerprint density at radius 1 is 0.706 bits per heavy atom. The molecule has 2 aromatic carbocycles. The van der Waals surface area contributed by atoms with Crippen molar-refractivity contribution in [3.8, 4) is 0 Å². The summed E-state index contributed by atoms with van der Waals surface area (Å²) in [6, 6.07) is 15.3. The molecule has 0 N–H and O–H groups in total. The van der Waals surface area contributed by atoms with Gasteiger partial charge in [-0.25, -0.2) is 0 Å². The normalized spacial score (nSPS) is 12.5. The maximum atomic E-state index is 2.30. The van der Waals surface area contributed by atoms with Gasteiger partial charge in [0, 0.05) is 5.92 Å². The van der Waals surface area contributed by atoms with Crippen LogP contribution in [-0.2, 0) is 0 Å². The summed E-state index contributed by atoms with van der Waals surface area (Å²) >= 11 is 0. The molecular weight excluding hydrogens is 204 g/mol. The van der Waals surface area contributed by atoms with E-state index in [1.54, 1.807) is 0 Å². The first kappa shape index (κ1) is 11.9. The van der Waals surface area contributed by atoms with E-state index in [0.717, 1.165) is 0 Å². The van der Waals surface area contributed by atoms with Gasteiger partial charge >= 0.3 is 0 Å². The summed E-state index contributed by atoms with van der Waals surface area (Å²) in [5.74, 6) is 0.469. The second kappa shape index (κ2) is 4.75. The van der Waals surface area contributed by atoms with Gasteiger partial charge in [0.1, 0.15) is 0 Å². The van der Waals surface area contributed by atoms with E-state index in [2.05, 4.69) is 70.2 Å². The summed E-state index contributed by atoms with van der Waals surface area (Å²) in [4.78, 5) is 0. The molecule has 0 heterocycles. The lowest BCUT2D eigenvalue weighted by Gasteiger charge is -2.18. The van der Waals surface area contributed by atoms with Crippen molar-refractivity contribution in [1.29, 1.82) is 0 Å². The molecule has 0 amide bonds. The number of benzene rings is 2. The number of hydrogen-bond donors (Lipinski definition) is 0. The molecule has 0 spiro atoms. The van der Waals surface area contributed by atoms with Crippen LogP contribution in [0, 0.1) is 20.8 Å². The van der Waals surface area contributed by atoms with Gasteiger partial charge in [-0.3, -0.25) is 0 Å². The zero-order valence-corrected chi connectivity index (χ0v) is 11.1. The highest BCUT2D eigenvalue weighted by Crippen LogP contribution is 2.29. The average Bonchev–Trinajstić information content (AvgIpc) is 2.32. The molecule has 0 aliphatic carbocycles. The van der Waals surface area contributed by atoms with Gasteiger partial charge in [0.2, 0.25) is 0 Å². The Hall–Kier alpha value is -1.56. The molecule has 88 valence electrons. The van der Waals surface area contributed by atoms with Gasteiger partial charge in [-0.2, -0.15) is 0 Å². The number of rotatable bonds is 2. The van der Waals surface area contributed by atoms with Crippen LogP contribution in [-0.4, -0.2) is 0 Å². The van der Waals surface area contributed by atoms with Crippen LogP contribution in [0.4, 0.5) is 0 Å². The molecule has 1 unspecified atom stereocenters. The standard InChI is InChI=1S/C17H20/c1-12-9-7-11-17(14(12)3)15(4)16-10-6-5-8-13(16)2/h5-11,15H,1-4H3. The molecule has 0 bridgehead atoms. The van der Waals surface area contributed by atoms with E-state index < -0.39 is 0 Å². The van der Waals surface area contributed by atoms with E-state index in [1.807, 2.05) is 0 Å². The molecule has 0 saturated heterocycles. The molecule has 2 rings (SSSR count). The zero-order valence-electron chi connectivity index (χ0n) is 11.1. The molecule has 0 aliphatic heterocycles. The number of hydrogen-bond acceptors (Lipinski definition) is 0. The second-order valence-corrected chi connectivity index (χ2v) is 4.87. The summed E-state index contributed by atoms with van der Waals surface area (Å²) in [5, 5.41) is 0. The summed E-state index contributed by atoms with van der Waals surface area (Å²) in [6.45, 7) is 8.89. The van der Waals surface area contributed by atoms with E-state index >= 15 is 0 Å². The predicted octanol–water partition coefficient (Wildman–Crippen LogP) is 4.76. The molecule has 17 heavy (non-hydrogen) atoms. The first-order chi connectivity index (χ1) is 8.11. The zero-order chi connectivity index (χ0) is 12.4. The fourth-order valence-electron chi connectivity index (χ4n) is 2.48. The van der Waals surface area contributed by atoms with Crippen molar-refractivity contribution in [3.63, 3.8) is 0 Å². The van der Waals surface area contributed by atoms with Gasteiger partial charge in [0.25, 0.3) is 0 Å². The van der Waals surface area contributed by atoms with Crippen molar-refractivity contribution in [1.82, 2.24) is 0 Å². The van der Waals surface area contributed by atoms with Crippen LogP contribution >= 0.6 is 0 Å². The van der Waals surface area contributed by atoms with Gasteiger partial charge in [-0.05, 0) is 48.6 Å². The molecule has 0 nitrogen and oxygen atoms in total. The Morgan fingerprint density at radius 3 is 2.00 bits per heavy atom. The molecule has 0 saturated carbocycles. The maximum Gasteiger partial charge on any atom is 0.00663 e. The number of aryl methyl sites for hydroxylation is 2. The minimum atomic E-state index is 0.469. The smallest absolute Gasteiger partial charge is 0.00663 e. The van der Waals surface area contributed by atoms with Crippen LogP contribution in [0.1, 0.15) is 40.7 Å². The van der Waals surface area contributed by atoms with Crippen molar-refractivity contribution >= 4 is 0 Å². The van der Waals surface area contributed by atoms with Crippen LogP contribution < -0.4 is 0 Å². The third kappa shape index (κ3) is 2.26. The van der Waals surface area contributed by atoms with Crippen LogP contribution in [0.25, 0.3) is 0 Å². The van der Waals surface area contributed by atoms with Gasteiger partial charge in [-0.1, -0.05) is 49.4 Å². The Labute approximate surface area is 104 Å². The molecule has 0 aliphatic rings. The molecule has 2 aromatic rings. The van der Waals surface area contributed by atoms with E-state index in [4.69, 9.17) is 0 Å². The minimum absolute atomic E-state index is 0.469. The second-order valence-electron chi connectivity index (χ2n) is 4.87. The highest BCUT2D eigenvalue weighted by Gasteiger charge is 2.13. The van der Waals surface area contributed by atoms with Crippen molar-refractivity contribution in [2.75, 3.05) is 0 Å². The maximum absolute atomic E-state index is 2.30. The summed E-state index contributed by atoms with van der Waals surface area (Å²) < 4.78 is 0. The van der Waals surface area contributed by atoms with E-state index in [0.29, 0.717) is 5.92 Å². The monoisotopic (exact) mass is 224 g/mol. The quantitative estimate of drug-likeness (QED) is 0.689. The van der Waals surface area contributed by atoms with Gasteiger partial charge in [0.05, 0.1) is 0 Å². The Balaban J connectivity index is 2.48. The topological polar surface area (TPSA) is 0 Å². The Kier molecular flexibility index (Phi) is 3.33. The lowest BCUT2D eigenvalue weighted by atomic mass is 9.86. The molecule has 1 atom stereocenters. The highest BCUT2D eigenvalue weighted by atomic mass is 14.2. The molecule has 0 fully saturated rings.